The number of hydrogen-bond acceptors (Lipinski definition) is 3. The molecule has 1 heterocycles. The van der Waals surface area contributed by atoms with Crippen LogP contribution in [0.3, 0.4) is 0 Å². The number of nitrogens with zero attached hydrogens (tertiary/aromatic N) is 1. The van der Waals surface area contributed by atoms with E-state index in [9.17, 15) is 15.0 Å². The molecule has 2 aliphatic rings. The Balaban J connectivity index is 1.60. The van der Waals surface area contributed by atoms with Crippen molar-refractivity contribution in [2.24, 2.45) is 5.92 Å². The summed E-state index contributed by atoms with van der Waals surface area (Å²) in [7, 11) is 0. The molecule has 0 saturated carbocycles. The Kier molecular flexibility index (Phi) is 5.81. The van der Waals surface area contributed by atoms with Crippen LogP contribution < -0.4 is 0 Å². The van der Waals surface area contributed by atoms with Crippen molar-refractivity contribution in [3.8, 4) is 0 Å². The zero-order chi connectivity index (χ0) is 23.1. The van der Waals surface area contributed by atoms with Gasteiger partial charge in [0, 0.05) is 18.4 Å². The fourth-order valence-corrected chi connectivity index (χ4v) is 6.01. The first-order chi connectivity index (χ1) is 16.0. The Morgan fingerprint density at radius 3 is 2.45 bits per heavy atom. The highest BCUT2D eigenvalue weighted by Gasteiger charge is 2.44. The molecule has 1 fully saturated rings. The van der Waals surface area contributed by atoms with Gasteiger partial charge in [-0.3, -0.25) is 0 Å². The first-order valence-corrected chi connectivity index (χ1v) is 11.9. The number of aromatic carboxylic acids is 1. The molecule has 4 atom stereocenters. The number of rotatable bonds is 5. The lowest BCUT2D eigenvalue weighted by Gasteiger charge is -2.37. The Morgan fingerprint density at radius 1 is 1.06 bits per heavy atom. The van der Waals surface area contributed by atoms with Gasteiger partial charge < -0.3 is 15.1 Å². The summed E-state index contributed by atoms with van der Waals surface area (Å²) in [5.41, 5.74) is 7.20. The second-order valence-electron chi connectivity index (χ2n) is 9.51. The first kappa shape index (κ1) is 21.9. The Hall–Kier alpha value is -2.95. The number of fused-ring (bicyclic) bond motifs is 3. The fourth-order valence-electron chi connectivity index (χ4n) is 6.01. The van der Waals surface area contributed by atoms with Crippen molar-refractivity contribution in [2.45, 2.75) is 38.2 Å². The number of aryl methyl sites for hydroxylation is 1. The summed E-state index contributed by atoms with van der Waals surface area (Å²) in [6.07, 6.45) is 0.475. The van der Waals surface area contributed by atoms with Crippen LogP contribution in [-0.4, -0.2) is 40.7 Å². The maximum atomic E-state index is 11.4. The van der Waals surface area contributed by atoms with Gasteiger partial charge in [-0.25, -0.2) is 4.79 Å². The molecule has 0 amide bonds. The van der Waals surface area contributed by atoms with Crippen LogP contribution in [0.1, 0.15) is 75.0 Å². The van der Waals surface area contributed by atoms with E-state index < -0.39 is 12.1 Å². The predicted octanol–water partition coefficient (Wildman–Crippen LogP) is 5.35. The van der Waals surface area contributed by atoms with E-state index in [4.69, 9.17) is 0 Å². The minimum atomic E-state index is -0.891. The van der Waals surface area contributed by atoms with Crippen LogP contribution in [0.15, 0.2) is 66.7 Å². The first-order valence-electron chi connectivity index (χ1n) is 11.9. The molecule has 1 saturated heterocycles. The summed E-state index contributed by atoms with van der Waals surface area (Å²) in [6, 6.07) is 21.8. The molecule has 2 N–H and O–H groups in total. The number of benzene rings is 3. The smallest absolute Gasteiger partial charge is 0.335 e. The molecule has 1 unspecified atom stereocenters. The van der Waals surface area contributed by atoms with Crippen LogP contribution in [0.2, 0.25) is 0 Å². The average Bonchev–Trinajstić information content (AvgIpc) is 3.15. The number of aliphatic hydroxyl groups is 1. The van der Waals surface area contributed by atoms with Crippen molar-refractivity contribution < 1.29 is 15.0 Å². The van der Waals surface area contributed by atoms with Crippen LogP contribution in [0, 0.1) is 12.8 Å². The van der Waals surface area contributed by atoms with Gasteiger partial charge in [-0.2, -0.15) is 0 Å². The van der Waals surface area contributed by atoms with Gasteiger partial charge >= 0.3 is 5.97 Å². The lowest BCUT2D eigenvalue weighted by Crippen LogP contribution is -2.38. The lowest BCUT2D eigenvalue weighted by atomic mass is 9.78. The minimum Gasteiger partial charge on any atom is -0.478 e. The maximum absolute atomic E-state index is 11.4. The standard InChI is InChI=1S/C29H31NO3/c1-3-30-14-13-22-26(17-30)24-16-23(28(31)20-7-5-4-6-8-20)18(2)15-25(24)27(22)19-9-11-21(12-10-19)29(32)33/h4-12,15-16,22,26-28,31H,3,13-14,17H2,1-2H3,(H,32,33)/t22-,26+,27+,28?/m1/s1. The molecule has 170 valence electrons. The van der Waals surface area contributed by atoms with E-state index in [2.05, 4.69) is 30.9 Å². The van der Waals surface area contributed by atoms with Crippen molar-refractivity contribution in [3.63, 3.8) is 0 Å². The number of likely N-dealkylation sites (tertiary alicyclic amines) is 1. The number of hydrogen-bond donors (Lipinski definition) is 2. The molecule has 33 heavy (non-hydrogen) atoms. The largest absolute Gasteiger partial charge is 0.478 e. The van der Waals surface area contributed by atoms with Gasteiger partial charge in [-0.15, -0.1) is 0 Å². The van der Waals surface area contributed by atoms with Crippen molar-refractivity contribution in [2.75, 3.05) is 19.6 Å². The minimum absolute atomic E-state index is 0.258. The molecular weight excluding hydrogens is 410 g/mol. The zero-order valence-electron chi connectivity index (χ0n) is 19.2. The molecule has 4 heteroatoms. The number of carbonyl (C=O) groups is 1. The topological polar surface area (TPSA) is 60.8 Å². The number of carboxylic acids is 1. The van der Waals surface area contributed by atoms with E-state index in [0.29, 0.717) is 17.4 Å². The third-order valence-electron chi connectivity index (χ3n) is 7.76. The van der Waals surface area contributed by atoms with Crippen LogP contribution in [0.25, 0.3) is 0 Å². The zero-order valence-corrected chi connectivity index (χ0v) is 19.2. The monoisotopic (exact) mass is 441 g/mol. The summed E-state index contributed by atoms with van der Waals surface area (Å²) in [5, 5.41) is 20.5. The van der Waals surface area contributed by atoms with Gasteiger partial charge in [-0.1, -0.05) is 61.5 Å². The quantitative estimate of drug-likeness (QED) is 0.561. The van der Waals surface area contributed by atoms with E-state index in [1.165, 1.54) is 16.7 Å². The third kappa shape index (κ3) is 3.88. The summed E-state index contributed by atoms with van der Waals surface area (Å²) in [5.74, 6) is 0.272. The Morgan fingerprint density at radius 2 is 1.79 bits per heavy atom. The van der Waals surface area contributed by atoms with Crippen LogP contribution in [0.4, 0.5) is 0 Å². The van der Waals surface area contributed by atoms with Gasteiger partial charge in [-0.05, 0) is 77.9 Å². The molecule has 3 aromatic carbocycles. The second kappa shape index (κ2) is 8.77. The number of aliphatic hydroxyl groups excluding tert-OH is 1. The Labute approximate surface area is 195 Å². The number of piperidine rings is 1. The van der Waals surface area contributed by atoms with Gasteiger partial charge in [0.05, 0.1) is 5.56 Å². The highest BCUT2D eigenvalue weighted by Crippen LogP contribution is 2.54. The van der Waals surface area contributed by atoms with Crippen molar-refractivity contribution >= 4 is 5.97 Å². The van der Waals surface area contributed by atoms with Crippen LogP contribution in [0.5, 0.6) is 0 Å². The number of likely N-dealkylation sites (N-methyl/N-ethyl adjacent to an activating group) is 1. The SMILES string of the molecule is CCN1CC[C@H]2[C@H](c3ccc(C(=O)O)cc3)c3cc(C)c(C(O)c4ccccc4)cc3[C@H]2C1. The van der Waals surface area contributed by atoms with Crippen molar-refractivity contribution in [3.05, 3.63) is 106 Å². The van der Waals surface area contributed by atoms with E-state index >= 15 is 0 Å². The van der Waals surface area contributed by atoms with Crippen molar-refractivity contribution in [1.82, 2.24) is 4.90 Å². The highest BCUT2D eigenvalue weighted by atomic mass is 16.4. The number of carboxylic acid groups (broad SMARTS) is 1. The average molecular weight is 442 g/mol. The molecule has 1 aliphatic carbocycles. The molecule has 5 rings (SSSR count). The van der Waals surface area contributed by atoms with E-state index in [1.54, 1.807) is 12.1 Å². The second-order valence-corrected chi connectivity index (χ2v) is 9.51. The van der Waals surface area contributed by atoms with E-state index in [-0.39, 0.29) is 5.92 Å². The molecule has 4 nitrogen and oxygen atoms in total. The molecule has 0 spiro atoms. The highest BCUT2D eigenvalue weighted by molar-refractivity contribution is 5.87. The normalized spacial score (nSPS) is 23.1. The van der Waals surface area contributed by atoms with Crippen LogP contribution in [-0.2, 0) is 0 Å². The van der Waals surface area contributed by atoms with Crippen molar-refractivity contribution in [1.29, 1.82) is 0 Å². The lowest BCUT2D eigenvalue weighted by molar-refractivity contribution is 0.0697. The van der Waals surface area contributed by atoms with E-state index in [1.807, 2.05) is 42.5 Å². The van der Waals surface area contributed by atoms with Crippen LogP contribution >= 0.6 is 0 Å². The molecular formula is C29H31NO3. The van der Waals surface area contributed by atoms with Gasteiger partial charge in [0.1, 0.15) is 6.10 Å². The molecule has 0 aromatic heterocycles. The van der Waals surface area contributed by atoms with Gasteiger partial charge in [0.25, 0.3) is 0 Å². The van der Waals surface area contributed by atoms with Gasteiger partial charge in [0.15, 0.2) is 0 Å². The summed E-state index contributed by atoms with van der Waals surface area (Å²) >= 11 is 0. The third-order valence-corrected chi connectivity index (χ3v) is 7.76. The fraction of sp³-hybridized carbons (Fsp3) is 0.345. The maximum Gasteiger partial charge on any atom is 0.335 e. The Bertz CT molecular complexity index is 1160. The molecule has 0 bridgehead atoms. The molecule has 3 aromatic rings. The summed E-state index contributed by atoms with van der Waals surface area (Å²) in [6.45, 7) is 7.47. The van der Waals surface area contributed by atoms with Gasteiger partial charge in [0.2, 0.25) is 0 Å². The summed E-state index contributed by atoms with van der Waals surface area (Å²) in [4.78, 5) is 13.9. The van der Waals surface area contributed by atoms with E-state index in [0.717, 1.165) is 42.7 Å². The molecule has 0 radical (unpaired) electrons. The molecule has 1 aliphatic heterocycles. The predicted molar refractivity (Wildman–Crippen MR) is 130 cm³/mol. The summed E-state index contributed by atoms with van der Waals surface area (Å²) < 4.78 is 0.